The highest BCUT2D eigenvalue weighted by Gasteiger charge is 2.36. The van der Waals surface area contributed by atoms with Crippen LogP contribution in [0.15, 0.2) is 66.1 Å². The molecule has 0 amide bonds. The Morgan fingerprint density at radius 2 is 1.77 bits per heavy atom. The van der Waals surface area contributed by atoms with Crippen molar-refractivity contribution in [2.45, 2.75) is 31.5 Å². The Kier molecular flexibility index (Phi) is 5.26. The zero-order valence-electron chi connectivity index (χ0n) is 15.3. The number of aliphatic hydroxyl groups is 1. The topological polar surface area (TPSA) is 57.5 Å². The molecule has 1 aliphatic rings. The van der Waals surface area contributed by atoms with Crippen LogP contribution in [0, 0.1) is 5.41 Å². The van der Waals surface area contributed by atoms with Gasteiger partial charge in [0.05, 0.1) is 5.56 Å². The molecule has 0 fully saturated rings. The minimum atomic E-state index is -1.46. The lowest BCUT2D eigenvalue weighted by Gasteiger charge is -2.47. The number of carboxylic acids is 1. The number of carbonyl (C=O) groups is 1. The molecule has 0 spiro atoms. The Balaban J connectivity index is 1.96. The predicted octanol–water partition coefficient (Wildman–Crippen LogP) is 5.32. The van der Waals surface area contributed by atoms with E-state index in [9.17, 15) is 9.90 Å². The van der Waals surface area contributed by atoms with E-state index in [1.165, 1.54) is 5.56 Å². The zero-order chi connectivity index (χ0) is 18.8. The summed E-state index contributed by atoms with van der Waals surface area (Å²) in [7, 11) is -1.46. The first kappa shape index (κ1) is 18.7. The van der Waals surface area contributed by atoms with Crippen molar-refractivity contribution >= 4 is 16.0 Å². The molecule has 1 heterocycles. The summed E-state index contributed by atoms with van der Waals surface area (Å²) in [4.78, 5) is 11.1. The van der Waals surface area contributed by atoms with Crippen molar-refractivity contribution in [1.82, 2.24) is 0 Å². The summed E-state index contributed by atoms with van der Waals surface area (Å²) in [6.07, 6.45) is 3.29. The number of allylic oxidation sites excluding steroid dienone is 1. The average molecular weight is 371 g/mol. The first-order valence-corrected chi connectivity index (χ1v) is 10.9. The number of rotatable bonds is 5. The fourth-order valence-electron chi connectivity index (χ4n) is 3.26. The van der Waals surface area contributed by atoms with Crippen LogP contribution >= 0.6 is 10.0 Å². The quantitative estimate of drug-likeness (QED) is 0.748. The van der Waals surface area contributed by atoms with Gasteiger partial charge in [-0.1, -0.05) is 62.4 Å². The Labute approximate surface area is 156 Å². The van der Waals surface area contributed by atoms with Gasteiger partial charge in [-0.05, 0) is 46.3 Å². The summed E-state index contributed by atoms with van der Waals surface area (Å²) >= 11 is 0. The summed E-state index contributed by atoms with van der Waals surface area (Å²) < 4.78 is 0. The van der Waals surface area contributed by atoms with Crippen molar-refractivity contribution in [3.63, 3.8) is 0 Å². The van der Waals surface area contributed by atoms with Crippen molar-refractivity contribution in [3.05, 3.63) is 82.8 Å². The molecule has 2 unspecified atom stereocenters. The van der Waals surface area contributed by atoms with Crippen LogP contribution in [-0.4, -0.2) is 21.9 Å². The number of benzene rings is 2. The van der Waals surface area contributed by atoms with Crippen LogP contribution in [0.1, 0.15) is 47.2 Å². The Hall–Kier alpha value is -2.04. The van der Waals surface area contributed by atoms with Crippen molar-refractivity contribution in [3.8, 4) is 0 Å². The predicted molar refractivity (Wildman–Crippen MR) is 109 cm³/mol. The van der Waals surface area contributed by atoms with Gasteiger partial charge in [0.25, 0.3) is 0 Å². The normalized spacial score (nSPS) is 25.2. The Bertz CT molecular complexity index is 796. The SMILES string of the molecule is CC1(C)C=CS(Cc2ccccc2)(C(O)c2ccc(C(=O)O)cc2)CC1. The van der Waals surface area contributed by atoms with Gasteiger partial charge in [-0.3, -0.25) is 0 Å². The molecule has 0 saturated carbocycles. The minimum absolute atomic E-state index is 0.153. The summed E-state index contributed by atoms with van der Waals surface area (Å²) in [5, 5.41) is 22.7. The smallest absolute Gasteiger partial charge is 0.335 e. The first-order valence-electron chi connectivity index (χ1n) is 8.83. The van der Waals surface area contributed by atoms with E-state index < -0.39 is 21.4 Å². The maximum atomic E-state index is 11.3. The Morgan fingerprint density at radius 1 is 1.12 bits per heavy atom. The van der Waals surface area contributed by atoms with E-state index >= 15 is 0 Å². The molecular weight excluding hydrogens is 344 g/mol. The van der Waals surface area contributed by atoms with Crippen LogP contribution in [0.25, 0.3) is 0 Å². The van der Waals surface area contributed by atoms with Crippen LogP contribution < -0.4 is 0 Å². The molecule has 138 valence electrons. The summed E-state index contributed by atoms with van der Waals surface area (Å²) in [6, 6.07) is 17.0. The Morgan fingerprint density at radius 3 is 2.31 bits per heavy atom. The lowest BCUT2D eigenvalue weighted by Crippen LogP contribution is -2.24. The number of hydrogen-bond donors (Lipinski definition) is 2. The van der Waals surface area contributed by atoms with Gasteiger partial charge >= 0.3 is 5.97 Å². The van der Waals surface area contributed by atoms with Crippen molar-refractivity contribution < 1.29 is 15.0 Å². The fraction of sp³-hybridized carbons (Fsp3) is 0.318. The van der Waals surface area contributed by atoms with Gasteiger partial charge < -0.3 is 10.2 Å². The zero-order valence-corrected chi connectivity index (χ0v) is 16.1. The summed E-state index contributed by atoms with van der Waals surface area (Å²) in [5.41, 5.74) is 1.82. The van der Waals surface area contributed by atoms with Crippen molar-refractivity contribution in [1.29, 1.82) is 0 Å². The third kappa shape index (κ3) is 4.02. The highest BCUT2D eigenvalue weighted by molar-refractivity contribution is 8.35. The minimum Gasteiger partial charge on any atom is -0.478 e. The molecule has 4 heteroatoms. The van der Waals surface area contributed by atoms with Crippen LogP contribution in [0.4, 0.5) is 0 Å². The molecule has 0 aliphatic carbocycles. The largest absolute Gasteiger partial charge is 0.478 e. The molecule has 26 heavy (non-hydrogen) atoms. The molecule has 3 nitrogen and oxygen atoms in total. The molecule has 1 aliphatic heterocycles. The average Bonchev–Trinajstić information content (AvgIpc) is 2.64. The number of carboxylic acid groups (broad SMARTS) is 1. The highest BCUT2D eigenvalue weighted by atomic mass is 32.3. The highest BCUT2D eigenvalue weighted by Crippen LogP contribution is 2.65. The lowest BCUT2D eigenvalue weighted by molar-refractivity contribution is 0.0696. The van der Waals surface area contributed by atoms with Gasteiger partial charge in [0.1, 0.15) is 5.44 Å². The van der Waals surface area contributed by atoms with Gasteiger partial charge in [0.2, 0.25) is 0 Å². The molecule has 0 aromatic heterocycles. The summed E-state index contributed by atoms with van der Waals surface area (Å²) in [6.45, 7) is 4.45. The van der Waals surface area contributed by atoms with E-state index in [1.54, 1.807) is 24.3 Å². The second kappa shape index (κ2) is 7.29. The maximum Gasteiger partial charge on any atom is 0.335 e. The molecule has 2 aromatic carbocycles. The second-order valence-electron chi connectivity index (χ2n) is 7.66. The van der Waals surface area contributed by atoms with Crippen molar-refractivity contribution in [2.75, 3.05) is 5.75 Å². The fourth-order valence-corrected chi connectivity index (χ4v) is 7.22. The molecule has 2 aromatic rings. The standard InChI is InChI=1S/C22H26O3S/c1-22(2)12-14-26(15-13-22,16-17-6-4-3-5-7-17)21(25)19-10-8-18(9-11-19)20(23)24/h3-12,14,21,25H,13,15-16H2,1-2H3,(H,23,24). The van der Waals surface area contributed by atoms with E-state index in [-0.39, 0.29) is 11.0 Å². The van der Waals surface area contributed by atoms with Gasteiger partial charge in [0.15, 0.2) is 0 Å². The molecular formula is C22H26O3S. The van der Waals surface area contributed by atoms with E-state index in [0.29, 0.717) is 0 Å². The third-order valence-electron chi connectivity index (χ3n) is 5.08. The van der Waals surface area contributed by atoms with Crippen LogP contribution in [0.2, 0.25) is 0 Å². The van der Waals surface area contributed by atoms with Gasteiger partial charge in [0, 0.05) is 5.75 Å². The number of aliphatic hydroxyl groups excluding tert-OH is 1. The monoisotopic (exact) mass is 370 g/mol. The van der Waals surface area contributed by atoms with Gasteiger partial charge in [-0.15, -0.1) is 0 Å². The van der Waals surface area contributed by atoms with Gasteiger partial charge in [-0.25, -0.2) is 4.79 Å². The van der Waals surface area contributed by atoms with Gasteiger partial charge in [-0.2, -0.15) is 10.0 Å². The van der Waals surface area contributed by atoms with Crippen molar-refractivity contribution in [2.24, 2.45) is 5.41 Å². The molecule has 0 saturated heterocycles. The second-order valence-corrected chi connectivity index (χ2v) is 11.1. The molecule has 0 radical (unpaired) electrons. The van der Waals surface area contributed by atoms with Crippen LogP contribution in [0.3, 0.4) is 0 Å². The van der Waals surface area contributed by atoms with E-state index in [1.807, 2.05) is 18.2 Å². The van der Waals surface area contributed by atoms with Crippen LogP contribution in [0.5, 0.6) is 0 Å². The molecule has 0 bridgehead atoms. The van der Waals surface area contributed by atoms with E-state index in [2.05, 4.69) is 37.5 Å². The number of aromatic carboxylic acids is 1. The lowest BCUT2D eigenvalue weighted by atomic mass is 9.90. The molecule has 2 N–H and O–H groups in total. The summed E-state index contributed by atoms with van der Waals surface area (Å²) in [5.74, 6) is 0.854. The van der Waals surface area contributed by atoms with Crippen LogP contribution in [-0.2, 0) is 5.75 Å². The molecule has 2 atom stereocenters. The van der Waals surface area contributed by atoms with E-state index in [0.717, 1.165) is 23.5 Å². The molecule has 3 rings (SSSR count). The van der Waals surface area contributed by atoms with E-state index in [4.69, 9.17) is 5.11 Å². The maximum absolute atomic E-state index is 11.3. The third-order valence-corrected chi connectivity index (χ3v) is 8.76. The first-order chi connectivity index (χ1) is 12.3. The number of hydrogen-bond acceptors (Lipinski definition) is 2.